The van der Waals surface area contributed by atoms with Gasteiger partial charge >= 0.3 is 5.97 Å². The van der Waals surface area contributed by atoms with Gasteiger partial charge in [-0.3, -0.25) is 4.79 Å². The molecule has 7 heteroatoms. The molecular weight excluding hydrogens is 380 g/mol. The number of methoxy groups -OCH3 is 4. The first-order valence-electron chi connectivity index (χ1n) is 8.92. The van der Waals surface area contributed by atoms with Gasteiger partial charge in [0.15, 0.2) is 11.5 Å². The van der Waals surface area contributed by atoms with Crippen molar-refractivity contribution in [3.05, 3.63) is 41.5 Å². The predicted octanol–water partition coefficient (Wildman–Crippen LogP) is 3.50. The number of carbonyl (C=O) groups excluding carboxylic acids is 1. The number of rotatable bonds is 5. The quantitative estimate of drug-likeness (QED) is 0.709. The van der Waals surface area contributed by atoms with Crippen molar-refractivity contribution in [2.45, 2.75) is 16.1 Å². The highest BCUT2D eigenvalue weighted by molar-refractivity contribution is 8.00. The van der Waals surface area contributed by atoms with Crippen LogP contribution in [0.25, 0.3) is 0 Å². The van der Waals surface area contributed by atoms with E-state index in [1.54, 1.807) is 40.2 Å². The van der Waals surface area contributed by atoms with Gasteiger partial charge in [0.1, 0.15) is 12.4 Å². The highest BCUT2D eigenvalue weighted by atomic mass is 32.2. The minimum absolute atomic E-state index is 0.0520. The Morgan fingerprint density at radius 3 is 2.29 bits per heavy atom. The Balaban J connectivity index is 1.91. The zero-order chi connectivity index (χ0) is 19.8. The maximum atomic E-state index is 12.6. The summed E-state index contributed by atoms with van der Waals surface area (Å²) in [6, 6.07) is 9.79. The average molecular weight is 402 g/mol. The molecule has 4 rings (SSSR count). The third-order valence-corrected chi connectivity index (χ3v) is 6.64. The molecule has 6 nitrogen and oxygen atoms in total. The lowest BCUT2D eigenvalue weighted by Crippen LogP contribution is -2.30. The molecule has 28 heavy (non-hydrogen) atoms. The van der Waals surface area contributed by atoms with Crippen LogP contribution in [0.4, 0.5) is 0 Å². The van der Waals surface area contributed by atoms with Gasteiger partial charge < -0.3 is 23.7 Å². The van der Waals surface area contributed by atoms with Crippen LogP contribution in [0, 0.1) is 5.92 Å². The number of hydrogen-bond donors (Lipinski definition) is 0. The Bertz CT molecular complexity index is 887. The third kappa shape index (κ3) is 2.94. The SMILES string of the molecule is COc1ccc2c(c1)S[C@@H]1COC(=O)[C@@H]1[C@H]2c1cc(OC)c(OC)c(OC)c1. The summed E-state index contributed by atoms with van der Waals surface area (Å²) in [6.07, 6.45) is 0. The predicted molar refractivity (Wildman–Crippen MR) is 105 cm³/mol. The molecule has 0 N–H and O–H groups in total. The zero-order valence-corrected chi connectivity index (χ0v) is 17.0. The average Bonchev–Trinajstić information content (AvgIpc) is 3.10. The van der Waals surface area contributed by atoms with Crippen LogP contribution in [0.3, 0.4) is 0 Å². The van der Waals surface area contributed by atoms with Crippen LogP contribution in [-0.4, -0.2) is 46.3 Å². The fourth-order valence-corrected chi connectivity index (χ4v) is 5.39. The summed E-state index contributed by atoms with van der Waals surface area (Å²) in [4.78, 5) is 13.7. The van der Waals surface area contributed by atoms with Crippen molar-refractivity contribution in [2.24, 2.45) is 5.92 Å². The molecule has 3 atom stereocenters. The maximum absolute atomic E-state index is 12.6. The van der Waals surface area contributed by atoms with E-state index in [4.69, 9.17) is 23.7 Å². The smallest absolute Gasteiger partial charge is 0.311 e. The Morgan fingerprint density at radius 2 is 1.68 bits per heavy atom. The Labute approximate surface area is 168 Å². The van der Waals surface area contributed by atoms with Crippen molar-refractivity contribution in [3.8, 4) is 23.0 Å². The molecule has 2 heterocycles. The van der Waals surface area contributed by atoms with Crippen LogP contribution in [0.5, 0.6) is 23.0 Å². The number of fused-ring (bicyclic) bond motifs is 2. The molecule has 0 spiro atoms. The van der Waals surface area contributed by atoms with E-state index in [9.17, 15) is 4.79 Å². The van der Waals surface area contributed by atoms with Crippen molar-refractivity contribution >= 4 is 17.7 Å². The largest absolute Gasteiger partial charge is 0.497 e. The highest BCUT2D eigenvalue weighted by Crippen LogP contribution is 2.53. The van der Waals surface area contributed by atoms with Gasteiger partial charge in [0.2, 0.25) is 5.75 Å². The molecule has 1 saturated heterocycles. The fourth-order valence-electron chi connectivity index (χ4n) is 4.00. The van der Waals surface area contributed by atoms with Crippen LogP contribution < -0.4 is 18.9 Å². The van der Waals surface area contributed by atoms with Crippen LogP contribution in [0.15, 0.2) is 35.2 Å². The number of cyclic esters (lactones) is 1. The second-order valence-corrected chi connectivity index (χ2v) is 7.93. The van der Waals surface area contributed by atoms with Gasteiger partial charge in [0.05, 0.1) is 39.6 Å². The molecule has 0 bridgehead atoms. The monoisotopic (exact) mass is 402 g/mol. The van der Waals surface area contributed by atoms with E-state index < -0.39 is 0 Å². The topological polar surface area (TPSA) is 63.2 Å². The molecule has 0 radical (unpaired) electrons. The van der Waals surface area contributed by atoms with Gasteiger partial charge in [-0.2, -0.15) is 0 Å². The molecule has 2 aliphatic heterocycles. The van der Waals surface area contributed by atoms with Gasteiger partial charge in [0, 0.05) is 10.8 Å². The molecule has 0 saturated carbocycles. The number of thioether (sulfide) groups is 1. The molecule has 0 aromatic heterocycles. The molecule has 0 amide bonds. The maximum Gasteiger partial charge on any atom is 0.311 e. The van der Waals surface area contributed by atoms with Gasteiger partial charge in [-0.25, -0.2) is 0 Å². The number of ether oxygens (including phenoxy) is 5. The summed E-state index contributed by atoms with van der Waals surface area (Å²) in [5.74, 6) is 1.83. The van der Waals surface area contributed by atoms with Gasteiger partial charge in [-0.1, -0.05) is 6.07 Å². The fraction of sp³-hybridized carbons (Fsp3) is 0.381. The minimum Gasteiger partial charge on any atom is -0.497 e. The second-order valence-electron chi connectivity index (χ2n) is 6.65. The van der Waals surface area contributed by atoms with Crippen molar-refractivity contribution in [2.75, 3.05) is 35.0 Å². The number of esters is 1. The summed E-state index contributed by atoms with van der Waals surface area (Å²) in [5.41, 5.74) is 2.00. The van der Waals surface area contributed by atoms with Crippen molar-refractivity contribution in [3.63, 3.8) is 0 Å². The van der Waals surface area contributed by atoms with E-state index >= 15 is 0 Å². The van der Waals surface area contributed by atoms with Crippen LogP contribution >= 0.6 is 11.8 Å². The molecule has 2 aromatic rings. The van der Waals surface area contributed by atoms with Crippen LogP contribution in [0.1, 0.15) is 17.0 Å². The van der Waals surface area contributed by atoms with E-state index in [2.05, 4.69) is 0 Å². The van der Waals surface area contributed by atoms with Crippen molar-refractivity contribution < 1.29 is 28.5 Å². The van der Waals surface area contributed by atoms with Gasteiger partial charge in [-0.05, 0) is 35.4 Å². The molecule has 1 fully saturated rings. The van der Waals surface area contributed by atoms with Crippen molar-refractivity contribution in [1.29, 1.82) is 0 Å². The van der Waals surface area contributed by atoms with E-state index in [1.165, 1.54) is 0 Å². The molecule has 2 aliphatic rings. The van der Waals surface area contributed by atoms with E-state index in [-0.39, 0.29) is 23.1 Å². The first-order valence-corrected chi connectivity index (χ1v) is 9.80. The molecule has 148 valence electrons. The minimum atomic E-state index is -0.270. The summed E-state index contributed by atoms with van der Waals surface area (Å²) in [6.45, 7) is 0.408. The first kappa shape index (κ1) is 18.8. The summed E-state index contributed by atoms with van der Waals surface area (Å²) in [5, 5.41) is 0.0520. The number of hydrogen-bond acceptors (Lipinski definition) is 7. The Morgan fingerprint density at radius 1 is 0.964 bits per heavy atom. The molecular formula is C21H22O6S. The zero-order valence-electron chi connectivity index (χ0n) is 16.2. The van der Waals surface area contributed by atoms with Gasteiger partial charge in [-0.15, -0.1) is 11.8 Å². The lowest BCUT2D eigenvalue weighted by molar-refractivity contribution is -0.141. The van der Waals surface area contributed by atoms with E-state index in [0.29, 0.717) is 23.9 Å². The lowest BCUT2D eigenvalue weighted by Gasteiger charge is -2.33. The number of benzene rings is 2. The number of carbonyl (C=O) groups is 1. The summed E-state index contributed by atoms with van der Waals surface area (Å²) >= 11 is 1.67. The molecule has 2 aromatic carbocycles. The standard InChI is InChI=1S/C21H22O6S/c1-23-12-5-6-13-16(9-12)28-17-10-27-21(22)19(17)18(13)11-7-14(24-2)20(26-4)15(8-11)25-3/h5-9,17-19H,10H2,1-4H3/t17-,18+,19+/m1/s1. The van der Waals surface area contributed by atoms with Crippen LogP contribution in [0.2, 0.25) is 0 Å². The van der Waals surface area contributed by atoms with E-state index in [0.717, 1.165) is 21.8 Å². The van der Waals surface area contributed by atoms with Gasteiger partial charge in [0.25, 0.3) is 0 Å². The second kappa shape index (κ2) is 7.47. The Kier molecular flexibility index (Phi) is 5.02. The molecule has 0 aliphatic carbocycles. The van der Waals surface area contributed by atoms with E-state index in [1.807, 2.05) is 30.3 Å². The third-order valence-electron chi connectivity index (χ3n) is 5.30. The first-order chi connectivity index (χ1) is 13.6. The summed E-state index contributed by atoms with van der Waals surface area (Å²) < 4.78 is 27.3. The normalized spacial score (nSPS) is 22.7. The highest BCUT2D eigenvalue weighted by Gasteiger charge is 2.48. The Hall–Kier alpha value is -2.54. The summed E-state index contributed by atoms with van der Waals surface area (Å²) in [7, 11) is 6.40. The van der Waals surface area contributed by atoms with Crippen molar-refractivity contribution in [1.82, 2.24) is 0 Å². The lowest BCUT2D eigenvalue weighted by atomic mass is 9.79. The van der Waals surface area contributed by atoms with Crippen LogP contribution in [-0.2, 0) is 9.53 Å². The molecule has 0 unspecified atom stereocenters.